The molecule has 0 saturated carbocycles. The Bertz CT molecular complexity index is 397. The minimum atomic E-state index is -3.95. The molecule has 0 unspecified atom stereocenters. The molecule has 0 atom stereocenters. The molecular weight excluding hydrogens is 246 g/mol. The topological polar surface area (TPSA) is 94.5 Å². The largest absolute Gasteiger partial charge is 0.545 e. The van der Waals surface area contributed by atoms with Crippen LogP contribution in [-0.2, 0) is 14.9 Å². The third-order valence-electron chi connectivity index (χ3n) is 2.46. The van der Waals surface area contributed by atoms with E-state index in [0.29, 0.717) is 17.4 Å². The van der Waals surface area contributed by atoms with Gasteiger partial charge in [0.1, 0.15) is 5.75 Å². The molecule has 0 aromatic carbocycles. The van der Waals surface area contributed by atoms with Crippen molar-refractivity contribution in [2.45, 2.75) is 13.3 Å². The number of carbonyl (C=O) groups excluding carboxylic acids is 1. The van der Waals surface area contributed by atoms with Crippen LogP contribution >= 0.6 is 0 Å². The molecule has 6 nitrogen and oxygen atoms in total. The summed E-state index contributed by atoms with van der Waals surface area (Å²) < 4.78 is 30.2. The summed E-state index contributed by atoms with van der Waals surface area (Å²) in [5.74, 6) is -1.50. The van der Waals surface area contributed by atoms with Crippen molar-refractivity contribution in [2.24, 2.45) is 0 Å². The fourth-order valence-corrected chi connectivity index (χ4v) is 1.91. The molecule has 0 radical (unpaired) electrons. The maximum absolute atomic E-state index is 10.6. The first kappa shape index (κ1) is 16.1. The van der Waals surface area contributed by atoms with Gasteiger partial charge in [0.05, 0.1) is 33.2 Å². The molecule has 0 aliphatic carbocycles. The molecule has 0 bridgehead atoms. The van der Waals surface area contributed by atoms with E-state index in [1.54, 1.807) is 6.08 Å². The van der Waals surface area contributed by atoms with Gasteiger partial charge in [-0.2, -0.15) is 8.42 Å². The quantitative estimate of drug-likeness (QED) is 0.363. The monoisotopic (exact) mass is 265 g/mol. The highest BCUT2D eigenvalue weighted by Crippen LogP contribution is 2.03. The molecule has 0 spiro atoms. The van der Waals surface area contributed by atoms with Crippen LogP contribution in [0, 0.1) is 0 Å². The highest BCUT2D eigenvalue weighted by atomic mass is 32.2. The van der Waals surface area contributed by atoms with E-state index >= 15 is 0 Å². The number of hydrogen-bond donors (Lipinski definition) is 1. The molecule has 1 N–H and O–H groups in total. The average molecular weight is 265 g/mol. The number of quaternary nitrogens is 1. The molecule has 0 aliphatic heterocycles. The van der Waals surface area contributed by atoms with Gasteiger partial charge in [-0.25, -0.2) is 0 Å². The lowest BCUT2D eigenvalue weighted by Crippen LogP contribution is -2.43. The predicted molar refractivity (Wildman–Crippen MR) is 61.6 cm³/mol. The fourth-order valence-electron chi connectivity index (χ4n) is 1.19. The molecule has 0 amide bonds. The first-order valence-electron chi connectivity index (χ1n) is 5.19. The van der Waals surface area contributed by atoms with Crippen molar-refractivity contribution in [3.8, 4) is 0 Å². The summed E-state index contributed by atoms with van der Waals surface area (Å²) in [5, 5.41) is 10.4. The van der Waals surface area contributed by atoms with Gasteiger partial charge in [0.25, 0.3) is 10.1 Å². The Morgan fingerprint density at radius 2 is 1.88 bits per heavy atom. The maximum atomic E-state index is 10.6. The lowest BCUT2D eigenvalue weighted by atomic mass is 10.2. The SMILES string of the molecule is CC(=CCC[N+](C)(C)CCS(=O)(=O)O)C(=O)[O-]. The zero-order valence-corrected chi connectivity index (χ0v) is 11.2. The van der Waals surface area contributed by atoms with Gasteiger partial charge in [-0.3, -0.25) is 4.55 Å². The van der Waals surface area contributed by atoms with Crippen LogP contribution in [0.2, 0.25) is 0 Å². The summed E-state index contributed by atoms with van der Waals surface area (Å²) in [6.45, 7) is 2.31. The molecule has 100 valence electrons. The summed E-state index contributed by atoms with van der Waals surface area (Å²) in [7, 11) is -0.322. The highest BCUT2D eigenvalue weighted by Gasteiger charge is 2.18. The van der Waals surface area contributed by atoms with Crippen molar-refractivity contribution in [1.29, 1.82) is 0 Å². The number of hydrogen-bond acceptors (Lipinski definition) is 4. The summed E-state index contributed by atoms with van der Waals surface area (Å²) in [5.41, 5.74) is 0.166. The van der Waals surface area contributed by atoms with Gasteiger partial charge in [-0.05, 0) is 12.5 Å². The van der Waals surface area contributed by atoms with E-state index in [4.69, 9.17) is 4.55 Å². The van der Waals surface area contributed by atoms with Crippen molar-refractivity contribution < 1.29 is 27.4 Å². The maximum Gasteiger partial charge on any atom is 0.270 e. The average Bonchev–Trinajstić information content (AvgIpc) is 2.13. The van der Waals surface area contributed by atoms with E-state index in [1.807, 2.05) is 14.1 Å². The van der Waals surface area contributed by atoms with Gasteiger partial charge >= 0.3 is 0 Å². The Balaban J connectivity index is 4.19. The van der Waals surface area contributed by atoms with Crippen molar-refractivity contribution in [3.63, 3.8) is 0 Å². The van der Waals surface area contributed by atoms with E-state index in [1.165, 1.54) is 6.92 Å². The van der Waals surface area contributed by atoms with Crippen LogP contribution < -0.4 is 5.11 Å². The zero-order chi connectivity index (χ0) is 13.7. The molecule has 0 rings (SSSR count). The van der Waals surface area contributed by atoms with Crippen molar-refractivity contribution in [3.05, 3.63) is 11.6 Å². The van der Waals surface area contributed by atoms with Crippen LogP contribution in [-0.4, -0.2) is 56.4 Å². The molecule has 0 aromatic rings. The minimum absolute atomic E-state index is 0.166. The first-order chi connectivity index (χ1) is 7.53. The normalized spacial score (nSPS) is 13.8. The Labute approximate surface area is 102 Å². The van der Waals surface area contributed by atoms with Crippen molar-refractivity contribution in [1.82, 2.24) is 0 Å². The fraction of sp³-hybridized carbons (Fsp3) is 0.700. The zero-order valence-electron chi connectivity index (χ0n) is 10.3. The molecule has 0 heterocycles. The molecular formula is C10H19NO5S. The van der Waals surface area contributed by atoms with Crippen molar-refractivity contribution in [2.75, 3.05) is 32.9 Å². The Hall–Kier alpha value is -0.920. The Morgan fingerprint density at radius 1 is 1.35 bits per heavy atom. The summed E-state index contributed by atoms with van der Waals surface area (Å²) >= 11 is 0. The third kappa shape index (κ3) is 8.84. The summed E-state index contributed by atoms with van der Waals surface area (Å²) in [6, 6.07) is 0. The number of nitrogens with zero attached hydrogens (tertiary/aromatic N) is 1. The standard InChI is InChI=1S/C10H19NO5S/c1-9(10(12)13)5-4-6-11(2,3)7-8-17(14,15)16/h5H,4,6-8H2,1-3H3,(H-,12,13,14,15,16). The Morgan fingerprint density at radius 3 is 2.29 bits per heavy atom. The van der Waals surface area contributed by atoms with Gasteiger partial charge in [-0.1, -0.05) is 6.08 Å². The number of carboxylic acid groups (broad SMARTS) is 1. The van der Waals surface area contributed by atoms with Gasteiger partial charge < -0.3 is 14.4 Å². The first-order valence-corrected chi connectivity index (χ1v) is 6.80. The van der Waals surface area contributed by atoms with E-state index in [0.717, 1.165) is 0 Å². The Kier molecular flexibility index (Phi) is 5.80. The number of aliphatic carboxylic acids is 1. The van der Waals surface area contributed by atoms with Crippen LogP contribution in [0.4, 0.5) is 0 Å². The van der Waals surface area contributed by atoms with E-state index < -0.39 is 16.1 Å². The molecule has 7 heteroatoms. The highest BCUT2D eigenvalue weighted by molar-refractivity contribution is 7.85. The second-order valence-electron chi connectivity index (χ2n) is 4.63. The second-order valence-corrected chi connectivity index (χ2v) is 6.20. The lowest BCUT2D eigenvalue weighted by molar-refractivity contribution is -0.887. The van der Waals surface area contributed by atoms with Crippen LogP contribution in [0.25, 0.3) is 0 Å². The third-order valence-corrected chi connectivity index (χ3v) is 3.16. The number of carboxylic acids is 1. The predicted octanol–water partition coefficient (Wildman–Crippen LogP) is -0.963. The molecule has 0 aromatic heterocycles. The minimum Gasteiger partial charge on any atom is -0.545 e. The van der Waals surface area contributed by atoms with E-state index in [-0.39, 0.29) is 17.9 Å². The smallest absolute Gasteiger partial charge is 0.270 e. The van der Waals surface area contributed by atoms with Crippen LogP contribution in [0.3, 0.4) is 0 Å². The number of rotatable bonds is 7. The second kappa shape index (κ2) is 6.13. The van der Waals surface area contributed by atoms with Gasteiger partial charge in [-0.15, -0.1) is 0 Å². The van der Waals surface area contributed by atoms with Gasteiger partial charge in [0.15, 0.2) is 0 Å². The van der Waals surface area contributed by atoms with Gasteiger partial charge in [0, 0.05) is 6.42 Å². The van der Waals surface area contributed by atoms with Crippen LogP contribution in [0.5, 0.6) is 0 Å². The summed E-state index contributed by atoms with van der Waals surface area (Å²) in [6.07, 6.45) is 2.06. The lowest BCUT2D eigenvalue weighted by Gasteiger charge is -2.28. The van der Waals surface area contributed by atoms with Crippen molar-refractivity contribution >= 4 is 16.1 Å². The molecule has 0 aliphatic rings. The van der Waals surface area contributed by atoms with Crippen LogP contribution in [0.1, 0.15) is 13.3 Å². The van der Waals surface area contributed by atoms with Crippen LogP contribution in [0.15, 0.2) is 11.6 Å². The molecule has 0 saturated heterocycles. The summed E-state index contributed by atoms with van der Waals surface area (Å²) in [4.78, 5) is 10.4. The van der Waals surface area contributed by atoms with E-state index in [9.17, 15) is 18.3 Å². The number of carbonyl (C=O) groups is 1. The molecule has 0 fully saturated rings. The van der Waals surface area contributed by atoms with Gasteiger partial charge in [0.2, 0.25) is 0 Å². The molecule has 17 heavy (non-hydrogen) atoms. The van der Waals surface area contributed by atoms with E-state index in [2.05, 4.69) is 0 Å².